The number of carbonyl (C=O) groups is 2. The molecule has 0 spiro atoms. The molecule has 0 radical (unpaired) electrons. The van der Waals surface area contributed by atoms with Crippen molar-refractivity contribution in [2.24, 2.45) is 0 Å². The lowest BCUT2D eigenvalue weighted by atomic mass is 10.1. The second-order valence-corrected chi connectivity index (χ2v) is 7.32. The van der Waals surface area contributed by atoms with Crippen molar-refractivity contribution in [1.29, 1.82) is 0 Å². The molecule has 7 heteroatoms. The molecular formula is C20H19NO5S. The van der Waals surface area contributed by atoms with Gasteiger partial charge >= 0.3 is 5.97 Å². The number of thiophene rings is 1. The van der Waals surface area contributed by atoms with Crippen molar-refractivity contribution < 1.29 is 23.8 Å². The molecule has 0 saturated carbocycles. The topological polar surface area (TPSA) is 73.9 Å². The minimum atomic E-state index is -0.369. The highest BCUT2D eigenvalue weighted by molar-refractivity contribution is 7.17. The number of hydrogen-bond donors (Lipinski definition) is 1. The zero-order valence-electron chi connectivity index (χ0n) is 14.9. The van der Waals surface area contributed by atoms with Crippen LogP contribution in [-0.2, 0) is 22.4 Å². The number of fused-ring (bicyclic) bond motifs is 2. The predicted octanol–water partition coefficient (Wildman–Crippen LogP) is 3.79. The average Bonchev–Trinajstić information content (AvgIpc) is 3.35. The number of esters is 1. The van der Waals surface area contributed by atoms with Crippen molar-refractivity contribution in [3.63, 3.8) is 0 Å². The van der Waals surface area contributed by atoms with E-state index in [-0.39, 0.29) is 18.7 Å². The Hall–Kier alpha value is -2.80. The van der Waals surface area contributed by atoms with Crippen LogP contribution in [0.3, 0.4) is 0 Å². The van der Waals surface area contributed by atoms with Gasteiger partial charge in [-0.15, -0.1) is 11.3 Å². The van der Waals surface area contributed by atoms with E-state index < -0.39 is 0 Å². The van der Waals surface area contributed by atoms with Gasteiger partial charge in [-0.25, -0.2) is 4.79 Å². The quantitative estimate of drug-likeness (QED) is 0.626. The summed E-state index contributed by atoms with van der Waals surface area (Å²) < 4.78 is 15.8. The van der Waals surface area contributed by atoms with Crippen LogP contribution in [0.1, 0.15) is 39.7 Å². The minimum Gasteiger partial charge on any atom is -0.462 e. The summed E-state index contributed by atoms with van der Waals surface area (Å²) in [7, 11) is 0. The SMILES string of the molecule is CCOC(=O)c1c(NC(=O)/C=C/c2ccc3c(c2)OCO3)sc2c1CCC2. The van der Waals surface area contributed by atoms with Crippen molar-refractivity contribution in [3.05, 3.63) is 45.8 Å². The van der Waals surface area contributed by atoms with Crippen LogP contribution >= 0.6 is 11.3 Å². The second kappa shape index (κ2) is 7.44. The Morgan fingerprint density at radius 2 is 2.11 bits per heavy atom. The molecule has 1 amide bonds. The first-order chi connectivity index (χ1) is 13.2. The van der Waals surface area contributed by atoms with Crippen LogP contribution in [0.2, 0.25) is 0 Å². The summed E-state index contributed by atoms with van der Waals surface area (Å²) in [5, 5.41) is 3.41. The van der Waals surface area contributed by atoms with E-state index >= 15 is 0 Å². The Bertz CT molecular complexity index is 931. The van der Waals surface area contributed by atoms with Crippen LogP contribution in [-0.4, -0.2) is 25.3 Å². The van der Waals surface area contributed by atoms with Crippen LogP contribution in [0, 0.1) is 0 Å². The molecule has 0 bridgehead atoms. The molecule has 0 unspecified atom stereocenters. The number of amides is 1. The largest absolute Gasteiger partial charge is 0.462 e. The highest BCUT2D eigenvalue weighted by Crippen LogP contribution is 2.39. The van der Waals surface area contributed by atoms with Gasteiger partial charge in [0.2, 0.25) is 12.7 Å². The van der Waals surface area contributed by atoms with E-state index in [4.69, 9.17) is 14.2 Å². The molecular weight excluding hydrogens is 366 g/mol. The third-order valence-corrected chi connectivity index (χ3v) is 5.67. The predicted molar refractivity (Wildman–Crippen MR) is 103 cm³/mol. The number of benzene rings is 1. The molecule has 0 fully saturated rings. The van der Waals surface area contributed by atoms with E-state index in [9.17, 15) is 9.59 Å². The number of hydrogen-bond acceptors (Lipinski definition) is 6. The number of ether oxygens (including phenoxy) is 3. The Kier molecular flexibility index (Phi) is 4.85. The molecule has 2 heterocycles. The maximum absolute atomic E-state index is 12.4. The van der Waals surface area contributed by atoms with Crippen LogP contribution in [0.15, 0.2) is 24.3 Å². The first-order valence-electron chi connectivity index (χ1n) is 8.86. The molecule has 1 aliphatic heterocycles. The fourth-order valence-electron chi connectivity index (χ4n) is 3.25. The first kappa shape index (κ1) is 17.6. The maximum atomic E-state index is 12.4. The lowest BCUT2D eigenvalue weighted by molar-refractivity contribution is -0.111. The maximum Gasteiger partial charge on any atom is 0.341 e. The zero-order valence-corrected chi connectivity index (χ0v) is 15.7. The van der Waals surface area contributed by atoms with E-state index in [0.29, 0.717) is 28.7 Å². The van der Waals surface area contributed by atoms with Crippen molar-refractivity contribution in [2.45, 2.75) is 26.2 Å². The summed E-state index contributed by atoms with van der Waals surface area (Å²) in [4.78, 5) is 25.9. The standard InChI is InChI=1S/C20H19NO5S/c1-2-24-20(23)18-13-4-3-5-16(13)27-19(18)21-17(22)9-7-12-6-8-14-15(10-12)26-11-25-14/h6-10H,2-5,11H2,1H3,(H,21,22)/b9-7+. The highest BCUT2D eigenvalue weighted by atomic mass is 32.1. The Morgan fingerprint density at radius 3 is 2.96 bits per heavy atom. The number of aryl methyl sites for hydroxylation is 1. The van der Waals surface area contributed by atoms with E-state index in [1.165, 1.54) is 17.4 Å². The average molecular weight is 385 g/mol. The van der Waals surface area contributed by atoms with Gasteiger partial charge < -0.3 is 19.5 Å². The molecule has 1 N–H and O–H groups in total. The molecule has 0 saturated heterocycles. The molecule has 2 aromatic rings. The van der Waals surface area contributed by atoms with Gasteiger partial charge in [-0.05, 0) is 55.5 Å². The fraction of sp³-hybridized carbons (Fsp3) is 0.300. The minimum absolute atomic E-state index is 0.211. The molecule has 1 aliphatic carbocycles. The van der Waals surface area contributed by atoms with Crippen LogP contribution < -0.4 is 14.8 Å². The van der Waals surface area contributed by atoms with Gasteiger partial charge in [0.05, 0.1) is 12.2 Å². The van der Waals surface area contributed by atoms with Crippen molar-refractivity contribution in [3.8, 4) is 11.5 Å². The van der Waals surface area contributed by atoms with Crippen LogP contribution in [0.4, 0.5) is 5.00 Å². The number of anilines is 1. The van der Waals surface area contributed by atoms with Gasteiger partial charge in [0.25, 0.3) is 0 Å². The number of nitrogens with one attached hydrogen (secondary N) is 1. The molecule has 27 heavy (non-hydrogen) atoms. The zero-order chi connectivity index (χ0) is 18.8. The Labute approximate surface area is 160 Å². The molecule has 140 valence electrons. The molecule has 2 aliphatic rings. The Morgan fingerprint density at radius 1 is 1.26 bits per heavy atom. The van der Waals surface area contributed by atoms with Gasteiger partial charge in [0.1, 0.15) is 5.00 Å². The second-order valence-electron chi connectivity index (χ2n) is 6.22. The number of carbonyl (C=O) groups excluding carboxylic acids is 2. The van der Waals surface area contributed by atoms with Crippen LogP contribution in [0.5, 0.6) is 11.5 Å². The summed E-state index contributed by atoms with van der Waals surface area (Å²) in [6.07, 6.45) is 5.96. The van der Waals surface area contributed by atoms with E-state index in [1.54, 1.807) is 13.0 Å². The van der Waals surface area contributed by atoms with Crippen molar-refractivity contribution >= 4 is 34.3 Å². The van der Waals surface area contributed by atoms with Gasteiger partial charge in [0.15, 0.2) is 11.5 Å². The fourth-order valence-corrected chi connectivity index (χ4v) is 4.53. The summed E-state index contributed by atoms with van der Waals surface area (Å²) >= 11 is 1.47. The Balaban J connectivity index is 1.50. The molecule has 6 nitrogen and oxygen atoms in total. The van der Waals surface area contributed by atoms with Gasteiger partial charge in [0, 0.05) is 11.0 Å². The molecule has 4 rings (SSSR count). The third-order valence-electron chi connectivity index (χ3n) is 4.46. The summed E-state index contributed by atoms with van der Waals surface area (Å²) in [6, 6.07) is 5.47. The van der Waals surface area contributed by atoms with Gasteiger partial charge in [-0.1, -0.05) is 6.07 Å². The van der Waals surface area contributed by atoms with Gasteiger partial charge in [-0.3, -0.25) is 4.79 Å². The summed E-state index contributed by atoms with van der Waals surface area (Å²) in [5.74, 6) is 0.700. The number of rotatable bonds is 5. The lowest BCUT2D eigenvalue weighted by Gasteiger charge is -2.06. The normalized spacial score (nSPS) is 14.4. The van der Waals surface area contributed by atoms with E-state index in [0.717, 1.165) is 35.3 Å². The monoisotopic (exact) mass is 385 g/mol. The van der Waals surface area contributed by atoms with E-state index in [2.05, 4.69) is 5.32 Å². The van der Waals surface area contributed by atoms with Gasteiger partial charge in [-0.2, -0.15) is 0 Å². The van der Waals surface area contributed by atoms with Crippen LogP contribution in [0.25, 0.3) is 6.08 Å². The summed E-state index contributed by atoms with van der Waals surface area (Å²) in [6.45, 7) is 2.29. The lowest BCUT2D eigenvalue weighted by Crippen LogP contribution is -2.13. The first-order valence-corrected chi connectivity index (χ1v) is 9.67. The van der Waals surface area contributed by atoms with E-state index in [1.807, 2.05) is 18.2 Å². The van der Waals surface area contributed by atoms with Crippen molar-refractivity contribution in [2.75, 3.05) is 18.7 Å². The highest BCUT2D eigenvalue weighted by Gasteiger charge is 2.28. The molecule has 0 atom stereocenters. The third kappa shape index (κ3) is 3.55. The molecule has 1 aromatic heterocycles. The van der Waals surface area contributed by atoms with Crippen molar-refractivity contribution in [1.82, 2.24) is 0 Å². The molecule has 1 aromatic carbocycles. The smallest absolute Gasteiger partial charge is 0.341 e. The summed E-state index contributed by atoms with van der Waals surface area (Å²) in [5.41, 5.74) is 2.36.